The number of methoxy groups -OCH3 is 2. The average molecular weight is 299 g/mol. The maximum atomic E-state index is 11.0. The highest BCUT2D eigenvalue weighted by molar-refractivity contribution is 5.82. The SMILES string of the molecule is COC(=O)COc1ccc(C=Nc2ccccc2OC)cc1. The molecule has 0 aromatic heterocycles. The van der Waals surface area contributed by atoms with Crippen LogP contribution in [0.4, 0.5) is 5.69 Å². The lowest BCUT2D eigenvalue weighted by molar-refractivity contribution is -0.142. The van der Waals surface area contributed by atoms with Crippen molar-refractivity contribution in [3.63, 3.8) is 0 Å². The van der Waals surface area contributed by atoms with Crippen molar-refractivity contribution < 1.29 is 19.0 Å². The van der Waals surface area contributed by atoms with Crippen molar-refractivity contribution in [1.82, 2.24) is 0 Å². The lowest BCUT2D eigenvalue weighted by atomic mass is 10.2. The number of nitrogens with zero attached hydrogens (tertiary/aromatic N) is 1. The highest BCUT2D eigenvalue weighted by Gasteiger charge is 2.01. The summed E-state index contributed by atoms with van der Waals surface area (Å²) in [5.41, 5.74) is 1.67. The Morgan fingerprint density at radius 1 is 1.09 bits per heavy atom. The fraction of sp³-hybridized carbons (Fsp3) is 0.176. The molecule has 0 saturated carbocycles. The Morgan fingerprint density at radius 3 is 2.50 bits per heavy atom. The van der Waals surface area contributed by atoms with E-state index in [-0.39, 0.29) is 6.61 Å². The van der Waals surface area contributed by atoms with Gasteiger partial charge in [-0.1, -0.05) is 12.1 Å². The van der Waals surface area contributed by atoms with Gasteiger partial charge in [-0.05, 0) is 42.0 Å². The molecule has 0 bridgehead atoms. The van der Waals surface area contributed by atoms with Crippen LogP contribution in [0.5, 0.6) is 11.5 Å². The summed E-state index contributed by atoms with van der Waals surface area (Å²) >= 11 is 0. The summed E-state index contributed by atoms with van der Waals surface area (Å²) in [4.78, 5) is 15.4. The Kier molecular flexibility index (Phi) is 5.54. The Morgan fingerprint density at radius 2 is 1.82 bits per heavy atom. The molecule has 2 rings (SSSR count). The maximum absolute atomic E-state index is 11.0. The van der Waals surface area contributed by atoms with Crippen LogP contribution < -0.4 is 9.47 Å². The summed E-state index contributed by atoms with van der Waals surface area (Å²) in [6.07, 6.45) is 1.74. The van der Waals surface area contributed by atoms with E-state index in [1.54, 1.807) is 25.5 Å². The zero-order chi connectivity index (χ0) is 15.8. The van der Waals surface area contributed by atoms with Gasteiger partial charge >= 0.3 is 5.97 Å². The lowest BCUT2D eigenvalue weighted by Gasteiger charge is -2.05. The van der Waals surface area contributed by atoms with E-state index in [9.17, 15) is 4.79 Å². The first-order valence-corrected chi connectivity index (χ1v) is 6.69. The predicted molar refractivity (Wildman–Crippen MR) is 84.2 cm³/mol. The van der Waals surface area contributed by atoms with E-state index in [4.69, 9.17) is 9.47 Å². The van der Waals surface area contributed by atoms with Gasteiger partial charge < -0.3 is 14.2 Å². The zero-order valence-corrected chi connectivity index (χ0v) is 12.5. The first kappa shape index (κ1) is 15.6. The molecule has 0 aliphatic heterocycles. The number of rotatable bonds is 6. The van der Waals surface area contributed by atoms with Crippen LogP contribution in [0.2, 0.25) is 0 Å². The number of ether oxygens (including phenoxy) is 3. The van der Waals surface area contributed by atoms with Gasteiger partial charge in [-0.15, -0.1) is 0 Å². The highest BCUT2D eigenvalue weighted by atomic mass is 16.6. The van der Waals surface area contributed by atoms with Crippen LogP contribution in [0.3, 0.4) is 0 Å². The van der Waals surface area contributed by atoms with Crippen LogP contribution in [0.1, 0.15) is 5.56 Å². The molecule has 0 radical (unpaired) electrons. The second kappa shape index (κ2) is 7.83. The summed E-state index contributed by atoms with van der Waals surface area (Å²) in [5, 5.41) is 0. The quantitative estimate of drug-likeness (QED) is 0.608. The Balaban J connectivity index is 2.01. The van der Waals surface area contributed by atoms with Crippen LogP contribution in [-0.2, 0) is 9.53 Å². The first-order chi connectivity index (χ1) is 10.7. The molecule has 0 N–H and O–H groups in total. The standard InChI is InChI=1S/C17H17NO4/c1-20-16-6-4-3-5-15(16)18-11-13-7-9-14(10-8-13)22-12-17(19)21-2/h3-11H,12H2,1-2H3. The molecule has 5 heteroatoms. The van der Waals surface area contributed by atoms with Gasteiger partial charge in [-0.25, -0.2) is 4.79 Å². The Labute approximate surface area is 129 Å². The predicted octanol–water partition coefficient (Wildman–Crippen LogP) is 3.00. The van der Waals surface area contributed by atoms with Gasteiger partial charge in [-0.2, -0.15) is 0 Å². The number of hydrogen-bond donors (Lipinski definition) is 0. The van der Waals surface area contributed by atoms with Gasteiger partial charge in [0.15, 0.2) is 6.61 Å². The summed E-state index contributed by atoms with van der Waals surface area (Å²) < 4.78 is 15.0. The number of esters is 1. The van der Waals surface area contributed by atoms with Crippen molar-refractivity contribution >= 4 is 17.9 Å². The molecule has 2 aromatic carbocycles. The van der Waals surface area contributed by atoms with E-state index in [1.807, 2.05) is 36.4 Å². The van der Waals surface area contributed by atoms with Gasteiger partial charge in [0.1, 0.15) is 17.2 Å². The first-order valence-electron chi connectivity index (χ1n) is 6.69. The van der Waals surface area contributed by atoms with Crippen LogP contribution >= 0.6 is 0 Å². The Bertz CT molecular complexity index is 650. The van der Waals surface area contributed by atoms with Crippen LogP contribution in [0, 0.1) is 0 Å². The largest absolute Gasteiger partial charge is 0.494 e. The van der Waals surface area contributed by atoms with Gasteiger partial charge in [0, 0.05) is 6.21 Å². The van der Waals surface area contributed by atoms with Crippen molar-refractivity contribution in [2.75, 3.05) is 20.8 Å². The van der Waals surface area contributed by atoms with Crippen LogP contribution in [0.15, 0.2) is 53.5 Å². The molecule has 0 aliphatic rings. The summed E-state index contributed by atoms with van der Waals surface area (Å²) in [5.74, 6) is 0.901. The third-order valence-corrected chi connectivity index (χ3v) is 2.90. The molecule has 0 aliphatic carbocycles. The molecular weight excluding hydrogens is 282 g/mol. The molecule has 22 heavy (non-hydrogen) atoms. The average Bonchev–Trinajstić information content (AvgIpc) is 2.58. The number of carbonyl (C=O) groups is 1. The minimum absolute atomic E-state index is 0.106. The number of aliphatic imine (C=N–C) groups is 1. The molecule has 0 heterocycles. The van der Waals surface area contributed by atoms with Crippen molar-refractivity contribution in [3.05, 3.63) is 54.1 Å². The number of benzene rings is 2. The molecule has 0 amide bonds. The van der Waals surface area contributed by atoms with E-state index in [0.717, 1.165) is 17.0 Å². The van der Waals surface area contributed by atoms with E-state index >= 15 is 0 Å². The minimum Gasteiger partial charge on any atom is -0.494 e. The lowest BCUT2D eigenvalue weighted by Crippen LogP contribution is -2.12. The second-order valence-electron chi connectivity index (χ2n) is 4.36. The van der Waals surface area contributed by atoms with Crippen molar-refractivity contribution in [2.24, 2.45) is 4.99 Å². The second-order valence-corrected chi connectivity index (χ2v) is 4.36. The monoisotopic (exact) mass is 299 g/mol. The van der Waals surface area contributed by atoms with Crippen molar-refractivity contribution in [1.29, 1.82) is 0 Å². The minimum atomic E-state index is -0.415. The third kappa shape index (κ3) is 4.34. The van der Waals surface area contributed by atoms with Crippen LogP contribution in [-0.4, -0.2) is 33.0 Å². The van der Waals surface area contributed by atoms with E-state index in [2.05, 4.69) is 9.73 Å². The molecule has 5 nitrogen and oxygen atoms in total. The van der Waals surface area contributed by atoms with E-state index in [0.29, 0.717) is 5.75 Å². The Hall–Kier alpha value is -2.82. The number of para-hydroxylation sites is 2. The van der Waals surface area contributed by atoms with Gasteiger partial charge in [-0.3, -0.25) is 4.99 Å². The van der Waals surface area contributed by atoms with E-state index in [1.165, 1.54) is 7.11 Å². The zero-order valence-electron chi connectivity index (χ0n) is 12.5. The fourth-order valence-corrected chi connectivity index (χ4v) is 1.73. The molecular formula is C17H17NO4. The molecule has 0 unspecified atom stereocenters. The molecule has 0 spiro atoms. The normalized spacial score (nSPS) is 10.5. The summed E-state index contributed by atoms with van der Waals surface area (Å²) in [7, 11) is 2.94. The number of carbonyl (C=O) groups excluding carboxylic acids is 1. The molecule has 0 fully saturated rings. The van der Waals surface area contributed by atoms with E-state index < -0.39 is 5.97 Å². The topological polar surface area (TPSA) is 57.1 Å². The molecule has 0 saturated heterocycles. The van der Waals surface area contributed by atoms with Crippen molar-refractivity contribution in [3.8, 4) is 11.5 Å². The van der Waals surface area contributed by atoms with Crippen molar-refractivity contribution in [2.45, 2.75) is 0 Å². The summed E-state index contributed by atoms with van der Waals surface area (Å²) in [6.45, 7) is -0.106. The highest BCUT2D eigenvalue weighted by Crippen LogP contribution is 2.26. The third-order valence-electron chi connectivity index (χ3n) is 2.90. The van der Waals surface area contributed by atoms with Gasteiger partial charge in [0.2, 0.25) is 0 Å². The number of hydrogen-bond acceptors (Lipinski definition) is 5. The molecule has 0 atom stereocenters. The fourth-order valence-electron chi connectivity index (χ4n) is 1.73. The molecule has 114 valence electrons. The maximum Gasteiger partial charge on any atom is 0.343 e. The molecule has 2 aromatic rings. The van der Waals surface area contributed by atoms with Gasteiger partial charge in [0.05, 0.1) is 14.2 Å². The smallest absolute Gasteiger partial charge is 0.343 e. The van der Waals surface area contributed by atoms with Gasteiger partial charge in [0.25, 0.3) is 0 Å². The summed E-state index contributed by atoms with van der Waals surface area (Å²) in [6, 6.07) is 14.8. The van der Waals surface area contributed by atoms with Crippen LogP contribution in [0.25, 0.3) is 0 Å².